The minimum Gasteiger partial charge on any atom is -0.368 e. The summed E-state index contributed by atoms with van der Waals surface area (Å²) in [5.41, 5.74) is 6.44. The molecular weight excluding hydrogens is 274 g/mol. The van der Waals surface area contributed by atoms with Gasteiger partial charge >= 0.3 is 0 Å². The van der Waals surface area contributed by atoms with E-state index in [0.29, 0.717) is 12.6 Å². The molecule has 0 aromatic carbocycles. The Morgan fingerprint density at radius 2 is 2.45 bits per heavy atom. The molecular formula is C13H19N5OS. The summed E-state index contributed by atoms with van der Waals surface area (Å²) in [6.07, 6.45) is 4.53. The van der Waals surface area contributed by atoms with Crippen molar-refractivity contribution in [2.75, 3.05) is 18.0 Å². The van der Waals surface area contributed by atoms with Gasteiger partial charge in [0.25, 0.3) is 0 Å². The second-order valence-electron chi connectivity index (χ2n) is 5.07. The largest absolute Gasteiger partial charge is 0.368 e. The van der Waals surface area contributed by atoms with Crippen molar-refractivity contribution in [1.29, 1.82) is 0 Å². The van der Waals surface area contributed by atoms with Gasteiger partial charge < -0.3 is 16.0 Å². The maximum absolute atomic E-state index is 11.2. The van der Waals surface area contributed by atoms with Crippen LogP contribution in [0.5, 0.6) is 0 Å². The van der Waals surface area contributed by atoms with Gasteiger partial charge in [0.05, 0.1) is 12.2 Å². The predicted molar refractivity (Wildman–Crippen MR) is 80.0 cm³/mol. The number of hydrogen-bond acceptors (Lipinski definition) is 5. The lowest BCUT2D eigenvalue weighted by atomic mass is 10.3. The van der Waals surface area contributed by atoms with Crippen LogP contribution in [-0.4, -0.2) is 34.4 Å². The molecule has 0 spiro atoms. The molecule has 0 atom stereocenters. The van der Waals surface area contributed by atoms with E-state index in [1.54, 1.807) is 11.3 Å². The van der Waals surface area contributed by atoms with Crippen LogP contribution in [0.2, 0.25) is 0 Å². The molecule has 1 aliphatic rings. The number of thiazole rings is 1. The Balaban J connectivity index is 1.91. The van der Waals surface area contributed by atoms with Gasteiger partial charge in [0, 0.05) is 30.7 Å². The van der Waals surface area contributed by atoms with Gasteiger partial charge in [-0.1, -0.05) is 0 Å². The standard InChI is InChI=1S/C13H19N5OS/c1-2-17(8-11(14)19)12-10(7-15-9-3-4-9)18-5-6-20-13(18)16-12/h5-6,9,15H,2-4,7-8H2,1H3,(H2,14,19). The van der Waals surface area contributed by atoms with Gasteiger partial charge in [0.2, 0.25) is 5.91 Å². The van der Waals surface area contributed by atoms with E-state index in [1.807, 2.05) is 23.4 Å². The minimum absolute atomic E-state index is 0.206. The minimum atomic E-state index is -0.329. The Morgan fingerprint density at radius 1 is 1.65 bits per heavy atom. The normalized spacial score (nSPS) is 14.8. The molecule has 1 aliphatic carbocycles. The summed E-state index contributed by atoms with van der Waals surface area (Å²) in [6.45, 7) is 3.70. The Bertz CT molecular complexity index is 615. The van der Waals surface area contributed by atoms with Gasteiger partial charge in [0.1, 0.15) is 0 Å². The number of aromatic nitrogens is 2. The molecule has 1 saturated carbocycles. The van der Waals surface area contributed by atoms with Crippen molar-refractivity contribution >= 4 is 28.0 Å². The lowest BCUT2D eigenvalue weighted by molar-refractivity contribution is -0.116. The number of likely N-dealkylation sites (N-methyl/N-ethyl adjacent to an activating group) is 1. The molecule has 7 heteroatoms. The summed E-state index contributed by atoms with van der Waals surface area (Å²) in [7, 11) is 0. The molecule has 0 radical (unpaired) electrons. The zero-order chi connectivity index (χ0) is 14.1. The maximum Gasteiger partial charge on any atom is 0.236 e. The molecule has 3 rings (SSSR count). The molecule has 108 valence electrons. The monoisotopic (exact) mass is 293 g/mol. The summed E-state index contributed by atoms with van der Waals surface area (Å²) in [4.78, 5) is 18.8. The molecule has 1 fully saturated rings. The van der Waals surface area contributed by atoms with Gasteiger partial charge in [-0.25, -0.2) is 4.98 Å². The first kappa shape index (κ1) is 13.4. The smallest absolute Gasteiger partial charge is 0.236 e. The third kappa shape index (κ3) is 2.64. The van der Waals surface area contributed by atoms with Crippen molar-refractivity contribution in [2.24, 2.45) is 5.73 Å². The van der Waals surface area contributed by atoms with Crippen molar-refractivity contribution in [2.45, 2.75) is 32.4 Å². The SMILES string of the molecule is CCN(CC(N)=O)c1nc2sccn2c1CNC1CC1. The maximum atomic E-state index is 11.2. The Labute approximate surface area is 121 Å². The van der Waals surface area contributed by atoms with E-state index in [0.717, 1.165) is 23.0 Å². The number of nitrogens with two attached hydrogens (primary N) is 1. The average molecular weight is 293 g/mol. The summed E-state index contributed by atoms with van der Waals surface area (Å²) >= 11 is 1.60. The van der Waals surface area contributed by atoms with Crippen LogP contribution in [-0.2, 0) is 11.3 Å². The highest BCUT2D eigenvalue weighted by molar-refractivity contribution is 7.15. The highest BCUT2D eigenvalue weighted by Crippen LogP contribution is 2.26. The van der Waals surface area contributed by atoms with E-state index in [2.05, 4.69) is 14.7 Å². The molecule has 20 heavy (non-hydrogen) atoms. The van der Waals surface area contributed by atoms with E-state index >= 15 is 0 Å². The molecule has 0 bridgehead atoms. The van der Waals surface area contributed by atoms with Crippen LogP contribution in [0.3, 0.4) is 0 Å². The molecule has 2 heterocycles. The second-order valence-corrected chi connectivity index (χ2v) is 5.95. The number of carbonyl (C=O) groups excluding carboxylic acids is 1. The molecule has 6 nitrogen and oxygen atoms in total. The van der Waals surface area contributed by atoms with Gasteiger partial charge in [-0.2, -0.15) is 0 Å². The average Bonchev–Trinajstić information content (AvgIpc) is 3.02. The number of primary amides is 1. The van der Waals surface area contributed by atoms with Crippen LogP contribution in [0, 0.1) is 0 Å². The number of hydrogen-bond donors (Lipinski definition) is 2. The van der Waals surface area contributed by atoms with Crippen LogP contribution >= 0.6 is 11.3 Å². The van der Waals surface area contributed by atoms with Crippen LogP contribution in [0.4, 0.5) is 5.82 Å². The quantitative estimate of drug-likeness (QED) is 0.797. The number of carbonyl (C=O) groups is 1. The summed E-state index contributed by atoms with van der Waals surface area (Å²) in [5.74, 6) is 0.538. The first-order valence-corrected chi connectivity index (χ1v) is 7.78. The van der Waals surface area contributed by atoms with Crippen LogP contribution in [0.25, 0.3) is 4.96 Å². The van der Waals surface area contributed by atoms with Crippen molar-refractivity contribution in [3.05, 3.63) is 17.3 Å². The lowest BCUT2D eigenvalue weighted by Crippen LogP contribution is -2.35. The Kier molecular flexibility index (Phi) is 3.62. The van der Waals surface area contributed by atoms with E-state index in [-0.39, 0.29) is 12.5 Å². The van der Waals surface area contributed by atoms with E-state index in [1.165, 1.54) is 12.8 Å². The third-order valence-electron chi connectivity index (χ3n) is 3.50. The fraction of sp³-hybridized carbons (Fsp3) is 0.538. The molecule has 2 aromatic heterocycles. The third-order valence-corrected chi connectivity index (χ3v) is 4.26. The van der Waals surface area contributed by atoms with Crippen LogP contribution in [0.15, 0.2) is 11.6 Å². The van der Waals surface area contributed by atoms with Gasteiger partial charge in [-0.3, -0.25) is 9.20 Å². The molecule has 2 aromatic rings. The van der Waals surface area contributed by atoms with Crippen molar-refractivity contribution in [3.63, 3.8) is 0 Å². The van der Waals surface area contributed by atoms with E-state index in [4.69, 9.17) is 5.73 Å². The van der Waals surface area contributed by atoms with Crippen molar-refractivity contribution < 1.29 is 4.79 Å². The lowest BCUT2D eigenvalue weighted by Gasteiger charge is -2.20. The molecule has 0 saturated heterocycles. The van der Waals surface area contributed by atoms with Crippen LogP contribution < -0.4 is 16.0 Å². The summed E-state index contributed by atoms with van der Waals surface area (Å²) in [5, 5.41) is 5.54. The van der Waals surface area contributed by atoms with E-state index < -0.39 is 0 Å². The Hall–Kier alpha value is -1.60. The summed E-state index contributed by atoms with van der Waals surface area (Å²) < 4.78 is 2.10. The Morgan fingerprint density at radius 3 is 3.10 bits per heavy atom. The number of rotatable bonds is 7. The topological polar surface area (TPSA) is 75.7 Å². The van der Waals surface area contributed by atoms with E-state index in [9.17, 15) is 4.79 Å². The number of fused-ring (bicyclic) bond motifs is 1. The predicted octanol–water partition coefficient (Wildman–Crippen LogP) is 0.959. The first-order chi connectivity index (χ1) is 9.69. The number of imidazole rings is 1. The number of anilines is 1. The van der Waals surface area contributed by atoms with Gasteiger partial charge in [0.15, 0.2) is 10.8 Å². The zero-order valence-electron chi connectivity index (χ0n) is 11.5. The molecule has 0 aliphatic heterocycles. The zero-order valence-corrected chi connectivity index (χ0v) is 12.3. The fourth-order valence-electron chi connectivity index (χ4n) is 2.29. The number of nitrogens with one attached hydrogen (secondary N) is 1. The molecule has 1 amide bonds. The van der Waals surface area contributed by atoms with Crippen molar-refractivity contribution in [1.82, 2.24) is 14.7 Å². The van der Waals surface area contributed by atoms with Crippen molar-refractivity contribution in [3.8, 4) is 0 Å². The fourth-order valence-corrected chi connectivity index (χ4v) is 3.02. The number of nitrogens with zero attached hydrogens (tertiary/aromatic N) is 3. The number of amides is 1. The highest BCUT2D eigenvalue weighted by Gasteiger charge is 2.24. The first-order valence-electron chi connectivity index (χ1n) is 6.90. The van der Waals surface area contributed by atoms with Gasteiger partial charge in [-0.05, 0) is 19.8 Å². The second kappa shape index (κ2) is 5.41. The summed E-state index contributed by atoms with van der Waals surface area (Å²) in [6, 6.07) is 0.637. The molecule has 3 N–H and O–H groups in total. The molecule has 0 unspecified atom stereocenters. The van der Waals surface area contributed by atoms with Gasteiger partial charge in [-0.15, -0.1) is 11.3 Å². The van der Waals surface area contributed by atoms with Crippen LogP contribution in [0.1, 0.15) is 25.5 Å². The highest BCUT2D eigenvalue weighted by atomic mass is 32.1.